The molecule has 2 N–H and O–H groups in total. The molecule has 0 saturated carbocycles. The number of benzene rings is 1. The molecule has 1 heterocycles. The summed E-state index contributed by atoms with van der Waals surface area (Å²) in [6, 6.07) is 9.29. The molecule has 3 nitrogen and oxygen atoms in total. The van der Waals surface area contributed by atoms with Crippen LogP contribution in [0.15, 0.2) is 30.3 Å². The first-order valence-corrected chi connectivity index (χ1v) is 5.50. The van der Waals surface area contributed by atoms with E-state index in [1.807, 2.05) is 44.2 Å². The molecule has 1 aliphatic heterocycles. The first kappa shape index (κ1) is 11.1. The van der Waals surface area contributed by atoms with Gasteiger partial charge in [0, 0.05) is 18.4 Å². The molecular formula is C13H17NO2. The maximum Gasteiger partial charge on any atom is 0.222 e. The van der Waals surface area contributed by atoms with Crippen molar-refractivity contribution in [2.45, 2.75) is 32.4 Å². The average molecular weight is 219 g/mol. The Bertz CT molecular complexity index is 400. The van der Waals surface area contributed by atoms with Crippen LogP contribution in [0, 0.1) is 5.41 Å². The van der Waals surface area contributed by atoms with Gasteiger partial charge < -0.3 is 10.4 Å². The minimum absolute atomic E-state index is 0.0948. The summed E-state index contributed by atoms with van der Waals surface area (Å²) in [6.07, 6.45) is 0.998. The average Bonchev–Trinajstić information content (AvgIpc) is 2.15. The summed E-state index contributed by atoms with van der Waals surface area (Å²) < 4.78 is 0. The Labute approximate surface area is 95.5 Å². The summed E-state index contributed by atoms with van der Waals surface area (Å²) in [5.74, 6) is -0.0948. The molecule has 86 valence electrons. The first-order chi connectivity index (χ1) is 7.41. The highest BCUT2D eigenvalue weighted by molar-refractivity contribution is 5.78. The van der Waals surface area contributed by atoms with E-state index < -0.39 is 5.72 Å². The van der Waals surface area contributed by atoms with Crippen molar-refractivity contribution in [2.75, 3.05) is 0 Å². The highest BCUT2D eigenvalue weighted by Gasteiger charge is 2.42. The van der Waals surface area contributed by atoms with Crippen LogP contribution in [0.4, 0.5) is 0 Å². The van der Waals surface area contributed by atoms with Crippen LogP contribution in [-0.2, 0) is 10.5 Å². The van der Waals surface area contributed by atoms with Crippen LogP contribution in [0.25, 0.3) is 0 Å². The normalized spacial score (nSPS) is 28.6. The Morgan fingerprint density at radius 3 is 2.44 bits per heavy atom. The highest BCUT2D eigenvalue weighted by Crippen LogP contribution is 2.39. The van der Waals surface area contributed by atoms with Crippen molar-refractivity contribution in [1.29, 1.82) is 0 Å². The van der Waals surface area contributed by atoms with Gasteiger partial charge in [-0.1, -0.05) is 44.2 Å². The number of carbonyl (C=O) groups is 1. The number of nitrogens with one attached hydrogen (secondary N) is 1. The molecule has 1 fully saturated rings. The molecule has 0 aromatic heterocycles. The maximum absolute atomic E-state index is 11.6. The van der Waals surface area contributed by atoms with Crippen LogP contribution in [0.1, 0.15) is 32.3 Å². The van der Waals surface area contributed by atoms with Gasteiger partial charge in [0.15, 0.2) is 5.72 Å². The largest absolute Gasteiger partial charge is 0.367 e. The van der Waals surface area contributed by atoms with Gasteiger partial charge in [-0.15, -0.1) is 0 Å². The number of rotatable bonds is 1. The number of piperidine rings is 1. The summed E-state index contributed by atoms with van der Waals surface area (Å²) in [6.45, 7) is 4.00. The van der Waals surface area contributed by atoms with Crippen LogP contribution < -0.4 is 5.32 Å². The van der Waals surface area contributed by atoms with Crippen LogP contribution in [0.3, 0.4) is 0 Å². The Kier molecular flexibility index (Phi) is 2.50. The topological polar surface area (TPSA) is 49.3 Å². The fraction of sp³-hybridized carbons (Fsp3) is 0.462. The quantitative estimate of drug-likeness (QED) is 0.756. The second-order valence-electron chi connectivity index (χ2n) is 5.29. The van der Waals surface area contributed by atoms with Gasteiger partial charge in [-0.05, 0) is 5.41 Å². The van der Waals surface area contributed by atoms with E-state index in [0.29, 0.717) is 12.8 Å². The van der Waals surface area contributed by atoms with Gasteiger partial charge in [0.1, 0.15) is 0 Å². The summed E-state index contributed by atoms with van der Waals surface area (Å²) in [7, 11) is 0. The number of hydrogen-bond donors (Lipinski definition) is 2. The van der Waals surface area contributed by atoms with Crippen LogP contribution >= 0.6 is 0 Å². The molecule has 0 bridgehead atoms. The fourth-order valence-electron chi connectivity index (χ4n) is 2.40. The predicted octanol–water partition coefficient (Wildman–Crippen LogP) is 1.77. The maximum atomic E-state index is 11.6. The molecule has 1 aromatic carbocycles. The van der Waals surface area contributed by atoms with Gasteiger partial charge in [-0.2, -0.15) is 0 Å². The molecular weight excluding hydrogens is 202 g/mol. The molecule has 16 heavy (non-hydrogen) atoms. The zero-order valence-corrected chi connectivity index (χ0v) is 9.66. The third kappa shape index (κ3) is 2.09. The van der Waals surface area contributed by atoms with E-state index in [1.54, 1.807) is 0 Å². The Morgan fingerprint density at radius 1 is 1.25 bits per heavy atom. The lowest BCUT2D eigenvalue weighted by Crippen LogP contribution is -2.53. The van der Waals surface area contributed by atoms with E-state index in [-0.39, 0.29) is 11.3 Å². The van der Waals surface area contributed by atoms with Crippen molar-refractivity contribution < 1.29 is 9.90 Å². The molecule has 1 aliphatic rings. The van der Waals surface area contributed by atoms with Gasteiger partial charge in [0.05, 0.1) is 0 Å². The molecule has 3 heteroatoms. The minimum Gasteiger partial charge on any atom is -0.367 e. The molecule has 0 radical (unpaired) electrons. The van der Waals surface area contributed by atoms with E-state index in [9.17, 15) is 9.90 Å². The third-order valence-corrected chi connectivity index (χ3v) is 2.97. The molecule has 1 unspecified atom stereocenters. The second kappa shape index (κ2) is 3.59. The minimum atomic E-state index is -1.22. The van der Waals surface area contributed by atoms with Crippen molar-refractivity contribution in [2.24, 2.45) is 5.41 Å². The van der Waals surface area contributed by atoms with Gasteiger partial charge in [-0.3, -0.25) is 4.79 Å². The highest BCUT2D eigenvalue weighted by atomic mass is 16.3. The number of amides is 1. The van der Waals surface area contributed by atoms with Crippen LogP contribution in [0.2, 0.25) is 0 Å². The summed E-state index contributed by atoms with van der Waals surface area (Å²) in [4.78, 5) is 11.6. The van der Waals surface area contributed by atoms with E-state index in [0.717, 1.165) is 5.56 Å². The van der Waals surface area contributed by atoms with Crippen molar-refractivity contribution in [3.05, 3.63) is 35.9 Å². The van der Waals surface area contributed by atoms with E-state index >= 15 is 0 Å². The zero-order valence-electron chi connectivity index (χ0n) is 9.66. The van der Waals surface area contributed by atoms with Crippen molar-refractivity contribution >= 4 is 5.91 Å². The molecule has 1 amide bonds. The van der Waals surface area contributed by atoms with Crippen molar-refractivity contribution in [1.82, 2.24) is 5.32 Å². The van der Waals surface area contributed by atoms with E-state index in [2.05, 4.69) is 5.32 Å². The molecule has 0 aliphatic carbocycles. The smallest absolute Gasteiger partial charge is 0.222 e. The molecule has 1 saturated heterocycles. The van der Waals surface area contributed by atoms with Gasteiger partial charge in [0.2, 0.25) is 5.91 Å². The van der Waals surface area contributed by atoms with Gasteiger partial charge in [-0.25, -0.2) is 0 Å². The Morgan fingerprint density at radius 2 is 1.88 bits per heavy atom. The number of hydrogen-bond acceptors (Lipinski definition) is 2. The Hall–Kier alpha value is -1.35. The summed E-state index contributed by atoms with van der Waals surface area (Å²) >= 11 is 0. The third-order valence-electron chi connectivity index (χ3n) is 2.97. The van der Waals surface area contributed by atoms with Crippen LogP contribution in [0.5, 0.6) is 0 Å². The first-order valence-electron chi connectivity index (χ1n) is 5.50. The van der Waals surface area contributed by atoms with Gasteiger partial charge >= 0.3 is 0 Å². The zero-order chi connectivity index (χ0) is 11.8. The fourth-order valence-corrected chi connectivity index (χ4v) is 2.40. The molecule has 1 aromatic rings. The van der Waals surface area contributed by atoms with Crippen LogP contribution in [-0.4, -0.2) is 11.0 Å². The molecule has 1 atom stereocenters. The van der Waals surface area contributed by atoms with Crippen molar-refractivity contribution in [3.63, 3.8) is 0 Å². The number of aliphatic hydroxyl groups is 1. The van der Waals surface area contributed by atoms with Gasteiger partial charge in [0.25, 0.3) is 0 Å². The lowest BCUT2D eigenvalue weighted by Gasteiger charge is -2.41. The summed E-state index contributed by atoms with van der Waals surface area (Å²) in [5.41, 5.74) is -0.649. The number of carbonyl (C=O) groups excluding carboxylic acids is 1. The monoisotopic (exact) mass is 219 g/mol. The van der Waals surface area contributed by atoms with E-state index in [1.165, 1.54) is 0 Å². The lowest BCUT2D eigenvalue weighted by molar-refractivity contribution is -0.143. The lowest BCUT2D eigenvalue weighted by atomic mass is 9.75. The second-order valence-corrected chi connectivity index (χ2v) is 5.29. The SMILES string of the molecule is CC1(C)CC(=O)NC(O)(c2ccccc2)C1. The molecule has 0 spiro atoms. The Balaban J connectivity index is 2.35. The summed E-state index contributed by atoms with van der Waals surface area (Å²) in [5, 5.41) is 13.2. The molecule has 2 rings (SSSR count). The predicted molar refractivity (Wildman–Crippen MR) is 61.5 cm³/mol. The standard InChI is InChI=1S/C13H17NO2/c1-12(2)8-11(15)14-13(16,9-12)10-6-4-3-5-7-10/h3-7,16H,8-9H2,1-2H3,(H,14,15). The van der Waals surface area contributed by atoms with E-state index in [4.69, 9.17) is 0 Å². The van der Waals surface area contributed by atoms with Crippen molar-refractivity contribution in [3.8, 4) is 0 Å².